The predicted octanol–water partition coefficient (Wildman–Crippen LogP) is 2.06. The number of piperidine rings is 1. The van der Waals surface area contributed by atoms with Crippen LogP contribution in [0.3, 0.4) is 0 Å². The normalized spacial score (nSPS) is 19.2. The quantitative estimate of drug-likeness (QED) is 0.618. The molecule has 0 saturated carbocycles. The number of hydrogen-bond donors (Lipinski definition) is 2. The van der Waals surface area contributed by atoms with Crippen molar-refractivity contribution in [3.8, 4) is 0 Å². The van der Waals surface area contributed by atoms with E-state index in [4.69, 9.17) is 5.84 Å². The van der Waals surface area contributed by atoms with Gasteiger partial charge in [0.2, 0.25) is 0 Å². The molecule has 3 N–H and O–H groups in total. The summed E-state index contributed by atoms with van der Waals surface area (Å²) in [5, 5.41) is 4.44. The highest BCUT2D eigenvalue weighted by Gasteiger charge is 2.37. The van der Waals surface area contributed by atoms with Crippen molar-refractivity contribution < 1.29 is 0 Å². The number of aromatic nitrogens is 2. The average Bonchev–Trinajstić information content (AvgIpc) is 2.89. The zero-order valence-electron chi connectivity index (χ0n) is 13.1. The van der Waals surface area contributed by atoms with Crippen molar-refractivity contribution in [3.05, 3.63) is 18.0 Å². The molecule has 1 aliphatic rings. The SMILES string of the molecule is CCCn1nccc1C(NN)C(C)(C)N1CCCCC1. The zero-order valence-corrected chi connectivity index (χ0v) is 13.1. The minimum atomic E-state index is -0.0132. The number of hydrogen-bond acceptors (Lipinski definition) is 4. The summed E-state index contributed by atoms with van der Waals surface area (Å²) in [4.78, 5) is 2.56. The molecular formula is C15H29N5. The van der Waals surface area contributed by atoms with Gasteiger partial charge in [0.15, 0.2) is 0 Å². The van der Waals surface area contributed by atoms with Crippen LogP contribution in [0.15, 0.2) is 12.3 Å². The van der Waals surface area contributed by atoms with Gasteiger partial charge < -0.3 is 0 Å². The molecule has 2 rings (SSSR count). The zero-order chi connectivity index (χ0) is 14.6. The molecule has 20 heavy (non-hydrogen) atoms. The fourth-order valence-corrected chi connectivity index (χ4v) is 3.29. The molecule has 5 nitrogen and oxygen atoms in total. The standard InChI is InChI=1S/C15H29N5/c1-4-10-20-13(8-9-17-20)14(18-16)15(2,3)19-11-6-5-7-12-19/h8-9,14,18H,4-7,10-12,16H2,1-3H3. The number of likely N-dealkylation sites (tertiary alicyclic amines) is 1. The molecular weight excluding hydrogens is 250 g/mol. The van der Waals surface area contributed by atoms with Gasteiger partial charge in [0, 0.05) is 18.3 Å². The van der Waals surface area contributed by atoms with Crippen LogP contribution in [0, 0.1) is 0 Å². The molecule has 1 unspecified atom stereocenters. The van der Waals surface area contributed by atoms with Crippen LogP contribution in [0.2, 0.25) is 0 Å². The Labute approximate surface area is 122 Å². The van der Waals surface area contributed by atoms with Gasteiger partial charge in [-0.1, -0.05) is 13.3 Å². The second kappa shape index (κ2) is 6.70. The number of nitrogens with zero attached hydrogens (tertiary/aromatic N) is 3. The van der Waals surface area contributed by atoms with Crippen LogP contribution in [-0.2, 0) is 6.54 Å². The number of nitrogens with two attached hydrogens (primary N) is 1. The first-order chi connectivity index (χ1) is 9.61. The predicted molar refractivity (Wildman–Crippen MR) is 82.1 cm³/mol. The van der Waals surface area contributed by atoms with Crippen molar-refractivity contribution in [3.63, 3.8) is 0 Å². The van der Waals surface area contributed by atoms with Crippen molar-refractivity contribution in [2.45, 2.75) is 64.6 Å². The Bertz CT molecular complexity index is 406. The van der Waals surface area contributed by atoms with Crippen molar-refractivity contribution in [1.82, 2.24) is 20.1 Å². The van der Waals surface area contributed by atoms with Gasteiger partial charge in [-0.15, -0.1) is 0 Å². The lowest BCUT2D eigenvalue weighted by Crippen LogP contribution is -2.56. The fourth-order valence-electron chi connectivity index (χ4n) is 3.29. The Morgan fingerprint density at radius 1 is 1.35 bits per heavy atom. The third-order valence-corrected chi connectivity index (χ3v) is 4.52. The smallest absolute Gasteiger partial charge is 0.0807 e. The molecule has 0 aromatic carbocycles. The molecule has 0 aliphatic carbocycles. The summed E-state index contributed by atoms with van der Waals surface area (Å²) in [5.74, 6) is 5.90. The van der Waals surface area contributed by atoms with E-state index in [1.807, 2.05) is 6.20 Å². The highest BCUT2D eigenvalue weighted by atomic mass is 15.3. The fraction of sp³-hybridized carbons (Fsp3) is 0.800. The van der Waals surface area contributed by atoms with Gasteiger partial charge in [-0.25, -0.2) is 5.43 Å². The summed E-state index contributed by atoms with van der Waals surface area (Å²) in [7, 11) is 0. The van der Waals surface area contributed by atoms with Crippen LogP contribution >= 0.6 is 0 Å². The van der Waals surface area contributed by atoms with Crippen molar-refractivity contribution >= 4 is 0 Å². The first-order valence-electron chi connectivity index (χ1n) is 7.84. The lowest BCUT2D eigenvalue weighted by Gasteiger charge is -2.45. The van der Waals surface area contributed by atoms with Gasteiger partial charge >= 0.3 is 0 Å². The Balaban J connectivity index is 2.22. The van der Waals surface area contributed by atoms with E-state index in [-0.39, 0.29) is 11.6 Å². The monoisotopic (exact) mass is 279 g/mol. The maximum absolute atomic E-state index is 5.90. The van der Waals surface area contributed by atoms with Crippen molar-refractivity contribution in [2.24, 2.45) is 5.84 Å². The molecule has 1 fully saturated rings. The second-order valence-electron chi connectivity index (χ2n) is 6.28. The number of rotatable bonds is 6. The average molecular weight is 279 g/mol. The molecule has 1 aromatic rings. The van der Waals surface area contributed by atoms with Crippen LogP contribution in [0.1, 0.15) is 58.2 Å². The van der Waals surface area contributed by atoms with E-state index in [1.165, 1.54) is 25.0 Å². The van der Waals surface area contributed by atoms with Gasteiger partial charge in [0.05, 0.1) is 11.7 Å². The first-order valence-corrected chi connectivity index (χ1v) is 7.84. The van der Waals surface area contributed by atoms with E-state index in [9.17, 15) is 0 Å². The van der Waals surface area contributed by atoms with E-state index in [2.05, 4.69) is 46.9 Å². The minimum Gasteiger partial charge on any atom is -0.296 e. The van der Waals surface area contributed by atoms with Crippen LogP contribution in [0.25, 0.3) is 0 Å². The summed E-state index contributed by atoms with van der Waals surface area (Å²) in [6, 6.07) is 2.18. The largest absolute Gasteiger partial charge is 0.296 e. The molecule has 0 bridgehead atoms. The van der Waals surface area contributed by atoms with Crippen LogP contribution in [-0.4, -0.2) is 33.3 Å². The molecule has 114 valence electrons. The molecule has 0 spiro atoms. The summed E-state index contributed by atoms with van der Waals surface area (Å²) < 4.78 is 2.08. The van der Waals surface area contributed by atoms with Gasteiger partial charge in [-0.2, -0.15) is 5.10 Å². The Hall–Kier alpha value is -0.910. The van der Waals surface area contributed by atoms with E-state index < -0.39 is 0 Å². The molecule has 0 amide bonds. The van der Waals surface area contributed by atoms with E-state index in [1.54, 1.807) is 0 Å². The van der Waals surface area contributed by atoms with Gasteiger partial charge in [0.25, 0.3) is 0 Å². The van der Waals surface area contributed by atoms with Gasteiger partial charge in [0.1, 0.15) is 0 Å². The summed E-state index contributed by atoms with van der Waals surface area (Å²) in [6.07, 6.45) is 6.88. The van der Waals surface area contributed by atoms with E-state index >= 15 is 0 Å². The maximum atomic E-state index is 5.90. The molecule has 1 aromatic heterocycles. The number of nitrogens with one attached hydrogen (secondary N) is 1. The molecule has 2 heterocycles. The summed E-state index contributed by atoms with van der Waals surface area (Å²) in [5.41, 5.74) is 4.21. The van der Waals surface area contributed by atoms with Gasteiger partial charge in [-0.3, -0.25) is 15.4 Å². The Kier molecular flexibility index (Phi) is 5.18. The summed E-state index contributed by atoms with van der Waals surface area (Å²) in [6.45, 7) is 10.0. The highest BCUT2D eigenvalue weighted by Crippen LogP contribution is 2.32. The van der Waals surface area contributed by atoms with E-state index in [0.29, 0.717) is 0 Å². The number of aryl methyl sites for hydroxylation is 1. The minimum absolute atomic E-state index is 0.0132. The van der Waals surface area contributed by atoms with Crippen LogP contribution in [0.5, 0.6) is 0 Å². The van der Waals surface area contributed by atoms with E-state index in [0.717, 1.165) is 26.1 Å². The van der Waals surface area contributed by atoms with Crippen LogP contribution < -0.4 is 11.3 Å². The van der Waals surface area contributed by atoms with Gasteiger partial charge in [-0.05, 0) is 52.3 Å². The molecule has 5 heteroatoms. The van der Waals surface area contributed by atoms with Crippen LogP contribution in [0.4, 0.5) is 0 Å². The Morgan fingerprint density at radius 2 is 2.05 bits per heavy atom. The molecule has 1 atom stereocenters. The Morgan fingerprint density at radius 3 is 2.65 bits per heavy atom. The first kappa shape index (κ1) is 15.5. The molecule has 0 radical (unpaired) electrons. The second-order valence-corrected chi connectivity index (χ2v) is 6.28. The highest BCUT2D eigenvalue weighted by molar-refractivity contribution is 5.14. The molecule has 1 saturated heterocycles. The lowest BCUT2D eigenvalue weighted by atomic mass is 9.88. The third-order valence-electron chi connectivity index (χ3n) is 4.52. The number of hydrazine groups is 1. The topological polar surface area (TPSA) is 59.1 Å². The third kappa shape index (κ3) is 3.05. The lowest BCUT2D eigenvalue weighted by molar-refractivity contribution is 0.0578. The van der Waals surface area contributed by atoms with Crippen molar-refractivity contribution in [1.29, 1.82) is 0 Å². The molecule has 1 aliphatic heterocycles. The van der Waals surface area contributed by atoms with Crippen molar-refractivity contribution in [2.75, 3.05) is 13.1 Å². The summed E-state index contributed by atoms with van der Waals surface area (Å²) >= 11 is 0. The maximum Gasteiger partial charge on any atom is 0.0807 e.